The van der Waals surface area contributed by atoms with E-state index in [1.54, 1.807) is 19.1 Å². The van der Waals surface area contributed by atoms with Crippen LogP contribution in [0.1, 0.15) is 17.3 Å². The highest BCUT2D eigenvalue weighted by molar-refractivity contribution is 5.90. The topological polar surface area (TPSA) is 52.3 Å². The summed E-state index contributed by atoms with van der Waals surface area (Å²) in [5.41, 5.74) is 9.08. The number of hydrogen-bond acceptors (Lipinski definition) is 3. The summed E-state index contributed by atoms with van der Waals surface area (Å²) >= 11 is 0. The van der Waals surface area contributed by atoms with E-state index in [0.717, 1.165) is 16.8 Å². The molecule has 2 aromatic carbocycles. The van der Waals surface area contributed by atoms with Gasteiger partial charge in [-0.15, -0.1) is 0 Å². The third-order valence-corrected chi connectivity index (χ3v) is 2.62. The van der Waals surface area contributed by atoms with E-state index < -0.39 is 0 Å². The first-order valence-corrected chi connectivity index (χ1v) is 5.84. The summed E-state index contributed by atoms with van der Waals surface area (Å²) in [5.74, 6) is -0.295. The molecule has 0 amide bonds. The Hall–Kier alpha value is -2.29. The van der Waals surface area contributed by atoms with Crippen molar-refractivity contribution in [2.24, 2.45) is 0 Å². The zero-order valence-electron chi connectivity index (χ0n) is 10.2. The normalized spacial score (nSPS) is 10.1. The molecule has 92 valence electrons. The van der Waals surface area contributed by atoms with Crippen molar-refractivity contribution >= 4 is 11.7 Å². The van der Waals surface area contributed by atoms with Crippen LogP contribution in [-0.4, -0.2) is 12.6 Å². The van der Waals surface area contributed by atoms with Crippen molar-refractivity contribution in [2.75, 3.05) is 12.3 Å². The first-order chi connectivity index (χ1) is 8.70. The lowest BCUT2D eigenvalue weighted by atomic mass is 10.0. The van der Waals surface area contributed by atoms with Crippen LogP contribution in [-0.2, 0) is 4.74 Å². The lowest BCUT2D eigenvalue weighted by molar-refractivity contribution is 0.0526. The van der Waals surface area contributed by atoms with E-state index in [4.69, 9.17) is 10.5 Å². The Bertz CT molecular complexity index is 547. The number of hydrogen-bond donors (Lipinski definition) is 1. The van der Waals surface area contributed by atoms with Crippen molar-refractivity contribution in [1.29, 1.82) is 0 Å². The number of nitrogen functional groups attached to an aromatic ring is 1. The molecule has 2 N–H and O–H groups in total. The van der Waals surface area contributed by atoms with Crippen LogP contribution in [0.15, 0.2) is 48.5 Å². The summed E-state index contributed by atoms with van der Waals surface area (Å²) in [6.45, 7) is 2.18. The van der Waals surface area contributed by atoms with Crippen LogP contribution in [0, 0.1) is 0 Å². The van der Waals surface area contributed by atoms with E-state index in [1.807, 2.05) is 36.4 Å². The maximum Gasteiger partial charge on any atom is 0.338 e. The summed E-state index contributed by atoms with van der Waals surface area (Å²) in [6, 6.07) is 14.9. The third kappa shape index (κ3) is 2.69. The molecular weight excluding hydrogens is 226 g/mol. The van der Waals surface area contributed by atoms with Gasteiger partial charge in [0.25, 0.3) is 0 Å². The molecule has 0 atom stereocenters. The zero-order chi connectivity index (χ0) is 13.0. The third-order valence-electron chi connectivity index (χ3n) is 2.62. The molecule has 0 bridgehead atoms. The fourth-order valence-corrected chi connectivity index (χ4v) is 1.73. The van der Waals surface area contributed by atoms with Gasteiger partial charge in [0.05, 0.1) is 12.2 Å². The molecule has 0 aliphatic rings. The minimum atomic E-state index is -0.295. The second-order valence-electron chi connectivity index (χ2n) is 3.92. The Balaban J connectivity index is 2.25. The minimum absolute atomic E-state index is 0.295. The highest BCUT2D eigenvalue weighted by atomic mass is 16.5. The van der Waals surface area contributed by atoms with Crippen molar-refractivity contribution in [1.82, 2.24) is 0 Å². The lowest BCUT2D eigenvalue weighted by Crippen LogP contribution is -2.03. The van der Waals surface area contributed by atoms with Gasteiger partial charge < -0.3 is 10.5 Å². The highest BCUT2D eigenvalue weighted by Crippen LogP contribution is 2.21. The molecule has 0 aromatic heterocycles. The molecule has 3 nitrogen and oxygen atoms in total. The van der Waals surface area contributed by atoms with Crippen molar-refractivity contribution in [3.63, 3.8) is 0 Å². The molecule has 0 aliphatic carbocycles. The van der Waals surface area contributed by atoms with Crippen molar-refractivity contribution < 1.29 is 9.53 Å². The van der Waals surface area contributed by atoms with Gasteiger partial charge in [0.1, 0.15) is 0 Å². The number of esters is 1. The Morgan fingerprint density at radius 1 is 1.11 bits per heavy atom. The molecule has 0 radical (unpaired) electrons. The SMILES string of the molecule is CCOC(=O)c1ccc(-c2cccc(N)c2)cc1. The molecule has 0 spiro atoms. The van der Waals surface area contributed by atoms with Crippen LogP contribution in [0.3, 0.4) is 0 Å². The van der Waals surface area contributed by atoms with Gasteiger partial charge >= 0.3 is 5.97 Å². The molecule has 2 rings (SSSR count). The smallest absolute Gasteiger partial charge is 0.338 e. The van der Waals surface area contributed by atoms with Crippen LogP contribution in [0.4, 0.5) is 5.69 Å². The van der Waals surface area contributed by atoms with E-state index >= 15 is 0 Å². The molecule has 2 aromatic rings. The van der Waals surface area contributed by atoms with Gasteiger partial charge in [0, 0.05) is 5.69 Å². The van der Waals surface area contributed by atoms with E-state index in [2.05, 4.69) is 0 Å². The first-order valence-electron chi connectivity index (χ1n) is 5.84. The number of nitrogens with two attached hydrogens (primary N) is 1. The molecule has 0 aliphatic heterocycles. The van der Waals surface area contributed by atoms with Crippen molar-refractivity contribution in [2.45, 2.75) is 6.92 Å². The molecule has 0 heterocycles. The number of carbonyl (C=O) groups excluding carboxylic acids is 1. The number of anilines is 1. The summed E-state index contributed by atoms with van der Waals surface area (Å²) < 4.78 is 4.93. The van der Waals surface area contributed by atoms with Crippen LogP contribution >= 0.6 is 0 Å². The fourth-order valence-electron chi connectivity index (χ4n) is 1.73. The van der Waals surface area contributed by atoms with Crippen LogP contribution in [0.25, 0.3) is 11.1 Å². The average Bonchev–Trinajstić information content (AvgIpc) is 2.39. The molecule has 18 heavy (non-hydrogen) atoms. The van der Waals surface area contributed by atoms with Gasteiger partial charge in [-0.2, -0.15) is 0 Å². The lowest BCUT2D eigenvalue weighted by Gasteiger charge is -2.05. The van der Waals surface area contributed by atoms with E-state index in [-0.39, 0.29) is 5.97 Å². The van der Waals surface area contributed by atoms with Gasteiger partial charge in [-0.05, 0) is 42.3 Å². The largest absolute Gasteiger partial charge is 0.462 e. The van der Waals surface area contributed by atoms with Crippen LogP contribution < -0.4 is 5.73 Å². The standard InChI is InChI=1S/C15H15NO2/c1-2-18-15(17)12-8-6-11(7-9-12)13-4-3-5-14(16)10-13/h3-10H,2,16H2,1H3. The van der Waals surface area contributed by atoms with E-state index in [0.29, 0.717) is 12.2 Å². The molecular formula is C15H15NO2. The zero-order valence-corrected chi connectivity index (χ0v) is 10.2. The van der Waals surface area contributed by atoms with E-state index in [9.17, 15) is 4.79 Å². The highest BCUT2D eigenvalue weighted by Gasteiger charge is 2.06. The number of rotatable bonds is 3. The second kappa shape index (κ2) is 5.36. The van der Waals surface area contributed by atoms with Gasteiger partial charge in [0.15, 0.2) is 0 Å². The number of ether oxygens (including phenoxy) is 1. The minimum Gasteiger partial charge on any atom is -0.462 e. The number of carbonyl (C=O) groups is 1. The predicted octanol–water partition coefficient (Wildman–Crippen LogP) is 3.11. The van der Waals surface area contributed by atoms with Crippen LogP contribution in [0.2, 0.25) is 0 Å². The Morgan fingerprint density at radius 2 is 1.83 bits per heavy atom. The van der Waals surface area contributed by atoms with Gasteiger partial charge in [-0.1, -0.05) is 24.3 Å². The Morgan fingerprint density at radius 3 is 2.44 bits per heavy atom. The summed E-state index contributed by atoms with van der Waals surface area (Å²) in [4.78, 5) is 11.5. The van der Waals surface area contributed by atoms with E-state index in [1.165, 1.54) is 0 Å². The van der Waals surface area contributed by atoms with Crippen molar-refractivity contribution in [3.8, 4) is 11.1 Å². The maximum atomic E-state index is 11.5. The molecule has 0 saturated carbocycles. The summed E-state index contributed by atoms with van der Waals surface area (Å²) in [7, 11) is 0. The summed E-state index contributed by atoms with van der Waals surface area (Å²) in [5, 5.41) is 0. The van der Waals surface area contributed by atoms with Gasteiger partial charge in [-0.3, -0.25) is 0 Å². The number of benzene rings is 2. The first kappa shape index (κ1) is 12.2. The average molecular weight is 241 g/mol. The Labute approximate surface area is 106 Å². The molecule has 3 heteroatoms. The second-order valence-corrected chi connectivity index (χ2v) is 3.92. The molecule has 0 fully saturated rings. The van der Waals surface area contributed by atoms with Gasteiger partial charge in [-0.25, -0.2) is 4.79 Å². The van der Waals surface area contributed by atoms with Crippen molar-refractivity contribution in [3.05, 3.63) is 54.1 Å². The molecule has 0 saturated heterocycles. The predicted molar refractivity (Wildman–Crippen MR) is 72.2 cm³/mol. The van der Waals surface area contributed by atoms with Crippen LogP contribution in [0.5, 0.6) is 0 Å². The quantitative estimate of drug-likeness (QED) is 0.663. The maximum absolute atomic E-state index is 11.5. The fraction of sp³-hybridized carbons (Fsp3) is 0.133. The Kier molecular flexibility index (Phi) is 3.63. The summed E-state index contributed by atoms with van der Waals surface area (Å²) in [6.07, 6.45) is 0. The van der Waals surface area contributed by atoms with Gasteiger partial charge in [0.2, 0.25) is 0 Å². The monoisotopic (exact) mass is 241 g/mol. The molecule has 0 unspecified atom stereocenters.